The maximum Gasteiger partial charge on any atom is 0.336 e. The fourth-order valence-corrected chi connectivity index (χ4v) is 1.93. The van der Waals surface area contributed by atoms with Crippen LogP contribution in [-0.4, -0.2) is 11.1 Å². The normalized spacial score (nSPS) is 10.1. The molecule has 0 atom stereocenters. The lowest BCUT2D eigenvalue weighted by molar-refractivity contribution is 0.0693. The van der Waals surface area contributed by atoms with E-state index in [4.69, 9.17) is 16.7 Å². The molecule has 0 aliphatic carbocycles. The van der Waals surface area contributed by atoms with E-state index in [1.807, 2.05) is 6.92 Å². The molecule has 0 fully saturated rings. The lowest BCUT2D eigenvalue weighted by Gasteiger charge is -2.07. The van der Waals surface area contributed by atoms with Crippen LogP contribution >= 0.6 is 24.2 Å². The molecule has 1 N–H and O–H groups in total. The average Bonchev–Trinajstić information content (AvgIpc) is 2.04. The van der Waals surface area contributed by atoms with Crippen LogP contribution in [0.1, 0.15) is 22.8 Å². The predicted molar refractivity (Wildman–Crippen MR) is 55.0 cm³/mol. The SMILES string of the molecule is CCc1c(Cl)ccc(C(=O)O)c1S. The first kappa shape index (κ1) is 10.4. The van der Waals surface area contributed by atoms with Gasteiger partial charge in [-0.2, -0.15) is 0 Å². The number of halogens is 1. The summed E-state index contributed by atoms with van der Waals surface area (Å²) < 4.78 is 0. The largest absolute Gasteiger partial charge is 0.478 e. The number of aromatic carboxylic acids is 1. The highest BCUT2D eigenvalue weighted by molar-refractivity contribution is 7.80. The molecular formula is C9H9ClO2S. The van der Waals surface area contributed by atoms with E-state index in [-0.39, 0.29) is 5.56 Å². The van der Waals surface area contributed by atoms with Gasteiger partial charge in [-0.15, -0.1) is 12.6 Å². The van der Waals surface area contributed by atoms with Gasteiger partial charge in [-0.25, -0.2) is 4.79 Å². The maximum atomic E-state index is 10.7. The van der Waals surface area contributed by atoms with Crippen molar-refractivity contribution in [1.82, 2.24) is 0 Å². The fourth-order valence-electron chi connectivity index (χ4n) is 1.12. The third kappa shape index (κ3) is 1.98. The Morgan fingerprint density at radius 3 is 2.69 bits per heavy atom. The van der Waals surface area contributed by atoms with Crippen molar-refractivity contribution < 1.29 is 9.90 Å². The van der Waals surface area contributed by atoms with E-state index in [9.17, 15) is 4.79 Å². The van der Waals surface area contributed by atoms with Crippen LogP contribution in [0.4, 0.5) is 0 Å². The summed E-state index contributed by atoms with van der Waals surface area (Å²) in [6.45, 7) is 1.91. The molecule has 1 aromatic rings. The minimum Gasteiger partial charge on any atom is -0.478 e. The number of hydrogen-bond acceptors (Lipinski definition) is 2. The number of rotatable bonds is 2. The Morgan fingerprint density at radius 2 is 2.23 bits per heavy atom. The molecule has 4 heteroatoms. The molecule has 0 saturated carbocycles. The van der Waals surface area contributed by atoms with Gasteiger partial charge < -0.3 is 5.11 Å². The third-order valence-corrected chi connectivity index (χ3v) is 2.67. The molecule has 0 heterocycles. The van der Waals surface area contributed by atoms with Crippen molar-refractivity contribution in [3.63, 3.8) is 0 Å². The Morgan fingerprint density at radius 1 is 1.62 bits per heavy atom. The summed E-state index contributed by atoms with van der Waals surface area (Å²) in [6.07, 6.45) is 0.679. The van der Waals surface area contributed by atoms with E-state index in [1.54, 1.807) is 6.07 Å². The molecule has 0 spiro atoms. The second-order valence-electron chi connectivity index (χ2n) is 2.58. The molecule has 1 aromatic carbocycles. The Labute approximate surface area is 86.9 Å². The number of hydrogen-bond donors (Lipinski definition) is 2. The standard InChI is InChI=1S/C9H9ClO2S/c1-2-5-7(10)4-3-6(8(5)13)9(11)12/h3-4,13H,2H2,1H3,(H,11,12). The molecule has 0 radical (unpaired) electrons. The first-order valence-electron chi connectivity index (χ1n) is 3.81. The predicted octanol–water partition coefficient (Wildman–Crippen LogP) is 2.89. The number of carboxylic acid groups (broad SMARTS) is 1. The molecule has 0 aliphatic heterocycles. The van der Waals surface area contributed by atoms with Crippen LogP contribution in [0.3, 0.4) is 0 Å². The molecule has 0 unspecified atom stereocenters. The summed E-state index contributed by atoms with van der Waals surface area (Å²) >= 11 is 10.00. The lowest BCUT2D eigenvalue weighted by Crippen LogP contribution is -2.00. The maximum absolute atomic E-state index is 10.7. The molecule has 2 nitrogen and oxygen atoms in total. The Hall–Kier alpha value is -0.670. The van der Waals surface area contributed by atoms with Crippen LogP contribution in [0.5, 0.6) is 0 Å². The second-order valence-corrected chi connectivity index (χ2v) is 3.44. The van der Waals surface area contributed by atoms with Crippen molar-refractivity contribution >= 4 is 30.2 Å². The highest BCUT2D eigenvalue weighted by Crippen LogP contribution is 2.27. The molecule has 0 aliphatic rings. The second kappa shape index (κ2) is 4.03. The van der Waals surface area contributed by atoms with Crippen LogP contribution in [0.25, 0.3) is 0 Å². The number of benzene rings is 1. The molecule has 0 amide bonds. The van der Waals surface area contributed by atoms with Gasteiger partial charge in [-0.1, -0.05) is 18.5 Å². The van der Waals surface area contributed by atoms with Crippen LogP contribution in [-0.2, 0) is 6.42 Å². The van der Waals surface area contributed by atoms with Gasteiger partial charge in [0.15, 0.2) is 0 Å². The Bertz CT molecular complexity index is 350. The van der Waals surface area contributed by atoms with Crippen LogP contribution in [0.15, 0.2) is 17.0 Å². The molecular weight excluding hydrogens is 208 g/mol. The molecule has 0 aromatic heterocycles. The van der Waals surface area contributed by atoms with E-state index >= 15 is 0 Å². The van der Waals surface area contributed by atoms with E-state index in [0.29, 0.717) is 16.3 Å². The first-order chi connectivity index (χ1) is 6.07. The van der Waals surface area contributed by atoms with E-state index in [0.717, 1.165) is 5.56 Å². The quantitative estimate of drug-likeness (QED) is 0.746. The first-order valence-corrected chi connectivity index (χ1v) is 4.64. The Balaban J connectivity index is 3.35. The van der Waals surface area contributed by atoms with Gasteiger partial charge in [0, 0.05) is 9.92 Å². The van der Waals surface area contributed by atoms with E-state index in [2.05, 4.69) is 12.6 Å². The zero-order chi connectivity index (χ0) is 10.0. The molecule has 0 saturated heterocycles. The highest BCUT2D eigenvalue weighted by Gasteiger charge is 2.12. The highest BCUT2D eigenvalue weighted by atomic mass is 35.5. The van der Waals surface area contributed by atoms with Crippen molar-refractivity contribution in [2.24, 2.45) is 0 Å². The van der Waals surface area contributed by atoms with Crippen LogP contribution < -0.4 is 0 Å². The number of carbonyl (C=O) groups is 1. The minimum absolute atomic E-state index is 0.199. The molecule has 13 heavy (non-hydrogen) atoms. The van der Waals surface area contributed by atoms with Gasteiger partial charge in [0.2, 0.25) is 0 Å². The summed E-state index contributed by atoms with van der Waals surface area (Å²) in [5.74, 6) is -0.976. The monoisotopic (exact) mass is 216 g/mol. The van der Waals surface area contributed by atoms with Crippen molar-refractivity contribution in [2.45, 2.75) is 18.2 Å². The summed E-state index contributed by atoms with van der Waals surface area (Å²) in [6, 6.07) is 3.05. The zero-order valence-electron chi connectivity index (χ0n) is 7.04. The van der Waals surface area contributed by atoms with Gasteiger partial charge in [-0.3, -0.25) is 0 Å². The smallest absolute Gasteiger partial charge is 0.336 e. The van der Waals surface area contributed by atoms with Crippen LogP contribution in [0, 0.1) is 0 Å². The van der Waals surface area contributed by atoms with Gasteiger partial charge in [0.1, 0.15) is 0 Å². The number of carboxylic acids is 1. The van der Waals surface area contributed by atoms with Gasteiger partial charge in [0.05, 0.1) is 5.56 Å². The fraction of sp³-hybridized carbons (Fsp3) is 0.222. The molecule has 0 bridgehead atoms. The summed E-state index contributed by atoms with van der Waals surface area (Å²) in [4.78, 5) is 11.2. The Kier molecular flexibility index (Phi) is 3.22. The topological polar surface area (TPSA) is 37.3 Å². The minimum atomic E-state index is -0.976. The van der Waals surface area contributed by atoms with E-state index < -0.39 is 5.97 Å². The van der Waals surface area contributed by atoms with Crippen molar-refractivity contribution in [1.29, 1.82) is 0 Å². The van der Waals surface area contributed by atoms with Crippen molar-refractivity contribution in [3.05, 3.63) is 28.3 Å². The summed E-state index contributed by atoms with van der Waals surface area (Å²) in [5, 5.41) is 9.35. The van der Waals surface area contributed by atoms with Gasteiger partial charge in [0.25, 0.3) is 0 Å². The lowest BCUT2D eigenvalue weighted by atomic mass is 10.1. The average molecular weight is 217 g/mol. The molecule has 70 valence electrons. The van der Waals surface area contributed by atoms with Crippen molar-refractivity contribution in [3.8, 4) is 0 Å². The third-order valence-electron chi connectivity index (χ3n) is 1.81. The number of thiol groups is 1. The van der Waals surface area contributed by atoms with Gasteiger partial charge >= 0.3 is 5.97 Å². The zero-order valence-corrected chi connectivity index (χ0v) is 8.69. The van der Waals surface area contributed by atoms with Gasteiger partial charge in [-0.05, 0) is 24.1 Å². The molecule has 1 rings (SSSR count). The van der Waals surface area contributed by atoms with E-state index in [1.165, 1.54) is 6.07 Å². The van der Waals surface area contributed by atoms with Crippen molar-refractivity contribution in [2.75, 3.05) is 0 Å². The summed E-state index contributed by atoms with van der Waals surface area (Å²) in [7, 11) is 0. The summed E-state index contributed by atoms with van der Waals surface area (Å²) in [5.41, 5.74) is 0.981. The van der Waals surface area contributed by atoms with Crippen LogP contribution in [0.2, 0.25) is 5.02 Å².